The third-order valence-electron chi connectivity index (χ3n) is 3.62. The van der Waals surface area contributed by atoms with Crippen LogP contribution in [0.4, 0.5) is 5.69 Å². The fourth-order valence-electron chi connectivity index (χ4n) is 2.38. The summed E-state index contributed by atoms with van der Waals surface area (Å²) in [6, 6.07) is 9.65. The molecule has 0 aromatic heterocycles. The third kappa shape index (κ3) is 3.92. The highest BCUT2D eigenvalue weighted by Crippen LogP contribution is 2.27. The maximum absolute atomic E-state index is 11.3. The van der Waals surface area contributed by atoms with E-state index in [-0.39, 0.29) is 17.7 Å². The maximum atomic E-state index is 11.3. The molecule has 3 N–H and O–H groups in total. The lowest BCUT2D eigenvalue weighted by atomic mass is 10.0. The summed E-state index contributed by atoms with van der Waals surface area (Å²) in [6.45, 7) is 0. The molecule has 0 spiro atoms. The number of nitrogen functional groups attached to an aromatic ring is 1. The monoisotopic (exact) mass is 359 g/mol. The summed E-state index contributed by atoms with van der Waals surface area (Å²) in [5.74, 6) is -1.25. The van der Waals surface area contributed by atoms with Gasteiger partial charge in [0.1, 0.15) is 11.5 Å². The Balaban J connectivity index is 0.000000190. The highest BCUT2D eigenvalue weighted by Gasteiger charge is 2.26. The van der Waals surface area contributed by atoms with Crippen LogP contribution >= 0.6 is 0 Å². The van der Waals surface area contributed by atoms with Gasteiger partial charge in [-0.15, -0.1) is 0 Å². The zero-order valence-corrected chi connectivity index (χ0v) is 14.1. The lowest BCUT2D eigenvalue weighted by Gasteiger charge is -2.16. The molecule has 2 aromatic rings. The summed E-state index contributed by atoms with van der Waals surface area (Å²) in [6.07, 6.45) is 0.0884. The van der Waals surface area contributed by atoms with Crippen molar-refractivity contribution < 1.29 is 33.7 Å². The maximum Gasteiger partial charge on any atom is 0.346 e. The summed E-state index contributed by atoms with van der Waals surface area (Å²) in [5.41, 5.74) is 6.73. The van der Waals surface area contributed by atoms with Crippen LogP contribution in [0.5, 0.6) is 11.5 Å². The fraction of sp³-hybridized carbons (Fsp3) is 0.167. The number of cyclic esters (lactones) is 2. The van der Waals surface area contributed by atoms with E-state index in [1.807, 2.05) is 0 Å². The molecule has 8 nitrogen and oxygen atoms in total. The Morgan fingerprint density at radius 2 is 1.69 bits per heavy atom. The van der Waals surface area contributed by atoms with Crippen LogP contribution in [0.1, 0.15) is 26.3 Å². The molecule has 0 unspecified atom stereocenters. The van der Waals surface area contributed by atoms with E-state index in [1.54, 1.807) is 30.3 Å². The van der Waals surface area contributed by atoms with Crippen LogP contribution < -0.4 is 15.2 Å². The molecule has 0 amide bonds. The molecule has 0 saturated carbocycles. The number of nitrogens with two attached hydrogens (primary N) is 1. The molecule has 1 aliphatic rings. The number of hydrogen-bond donors (Lipinski definition) is 2. The quantitative estimate of drug-likeness (QED) is 0.484. The van der Waals surface area contributed by atoms with E-state index in [0.29, 0.717) is 22.6 Å². The fourth-order valence-corrected chi connectivity index (χ4v) is 2.38. The average Bonchev–Trinajstić information content (AvgIpc) is 2.61. The predicted molar refractivity (Wildman–Crippen MR) is 91.5 cm³/mol. The number of aromatic carboxylic acids is 1. The lowest BCUT2D eigenvalue weighted by Crippen LogP contribution is -2.23. The molecule has 8 heteroatoms. The largest absolute Gasteiger partial charge is 0.496 e. The topological polar surface area (TPSA) is 125 Å². The lowest BCUT2D eigenvalue weighted by molar-refractivity contribution is -0.137. The molecule has 0 fully saturated rings. The number of para-hydroxylation sites is 1. The molecule has 136 valence electrons. The molecule has 2 aromatic carbocycles. The smallest absolute Gasteiger partial charge is 0.346 e. The molecule has 26 heavy (non-hydrogen) atoms. The van der Waals surface area contributed by atoms with Crippen LogP contribution in [0.25, 0.3) is 0 Å². The van der Waals surface area contributed by atoms with Gasteiger partial charge in [0.05, 0.1) is 37.5 Å². The molecule has 3 rings (SSSR count). The number of ether oxygens (including phenoxy) is 3. The molecule has 0 bridgehead atoms. The van der Waals surface area contributed by atoms with Crippen molar-refractivity contribution in [2.45, 2.75) is 6.42 Å². The number of carboxylic acids is 1. The zero-order chi connectivity index (χ0) is 19.3. The number of anilines is 1. The second-order valence-corrected chi connectivity index (χ2v) is 5.15. The first kappa shape index (κ1) is 18.8. The molecule has 0 saturated heterocycles. The van der Waals surface area contributed by atoms with Crippen LogP contribution in [-0.2, 0) is 16.0 Å². The van der Waals surface area contributed by atoms with Crippen molar-refractivity contribution in [3.8, 4) is 11.5 Å². The van der Waals surface area contributed by atoms with Gasteiger partial charge in [-0.1, -0.05) is 12.1 Å². The number of hydrogen-bond acceptors (Lipinski definition) is 7. The Hall–Kier alpha value is -3.55. The van der Waals surface area contributed by atoms with Gasteiger partial charge in [0.2, 0.25) is 0 Å². The Labute approximate surface area is 149 Å². The van der Waals surface area contributed by atoms with Crippen molar-refractivity contribution in [1.29, 1.82) is 0 Å². The summed E-state index contributed by atoms with van der Waals surface area (Å²) >= 11 is 0. The first-order valence-electron chi connectivity index (χ1n) is 7.45. The van der Waals surface area contributed by atoms with Crippen molar-refractivity contribution in [2.24, 2.45) is 0 Å². The predicted octanol–water partition coefficient (Wildman–Crippen LogP) is 1.91. The second-order valence-electron chi connectivity index (χ2n) is 5.15. The van der Waals surface area contributed by atoms with Crippen molar-refractivity contribution in [2.75, 3.05) is 20.0 Å². The summed E-state index contributed by atoms with van der Waals surface area (Å²) in [7, 11) is 2.94. The molecule has 0 aliphatic carbocycles. The summed E-state index contributed by atoms with van der Waals surface area (Å²) < 4.78 is 14.4. The van der Waals surface area contributed by atoms with E-state index in [4.69, 9.17) is 20.3 Å². The van der Waals surface area contributed by atoms with E-state index >= 15 is 0 Å². The number of methoxy groups -OCH3 is 2. The zero-order valence-electron chi connectivity index (χ0n) is 14.1. The highest BCUT2D eigenvalue weighted by molar-refractivity contribution is 6.03. The van der Waals surface area contributed by atoms with Gasteiger partial charge in [0.25, 0.3) is 0 Å². The van der Waals surface area contributed by atoms with Crippen LogP contribution in [-0.4, -0.2) is 37.2 Å². The molecule has 1 aliphatic heterocycles. The minimum Gasteiger partial charge on any atom is -0.496 e. The van der Waals surface area contributed by atoms with Gasteiger partial charge in [-0.2, -0.15) is 0 Å². The van der Waals surface area contributed by atoms with Crippen molar-refractivity contribution in [1.82, 2.24) is 0 Å². The van der Waals surface area contributed by atoms with Gasteiger partial charge in [-0.25, -0.2) is 9.59 Å². The van der Waals surface area contributed by atoms with E-state index < -0.39 is 17.9 Å². The molecule has 0 atom stereocenters. The van der Waals surface area contributed by atoms with E-state index in [9.17, 15) is 14.4 Å². The van der Waals surface area contributed by atoms with Crippen molar-refractivity contribution in [3.05, 3.63) is 53.1 Å². The normalized spacial score (nSPS) is 12.2. The van der Waals surface area contributed by atoms with Gasteiger partial charge in [0, 0.05) is 5.56 Å². The Morgan fingerprint density at radius 3 is 2.31 bits per heavy atom. The minimum atomic E-state index is -1.05. The standard InChI is InChI=1S/C10H8O4.C8H9NO3/c1-13-8-4-2-3-6-7(8)5-9(11)14-10(6)12;1-12-6-4-2-3-5(7(6)9)8(10)11/h2-4H,5H2,1H3;2-4H,9H2,1H3,(H,10,11). The number of carbonyl (C=O) groups is 3. The summed E-state index contributed by atoms with van der Waals surface area (Å²) in [5, 5.41) is 8.65. The minimum absolute atomic E-state index is 0.0642. The van der Waals surface area contributed by atoms with Crippen LogP contribution in [0.15, 0.2) is 36.4 Å². The Bertz CT molecular complexity index is 861. The van der Waals surface area contributed by atoms with Gasteiger partial charge < -0.3 is 25.1 Å². The first-order valence-corrected chi connectivity index (χ1v) is 7.45. The number of esters is 2. The Kier molecular flexibility index (Phi) is 5.79. The summed E-state index contributed by atoms with van der Waals surface area (Å²) in [4.78, 5) is 32.8. The number of carbonyl (C=O) groups excluding carboxylic acids is 2. The van der Waals surface area contributed by atoms with Gasteiger partial charge in [-0.05, 0) is 24.3 Å². The van der Waals surface area contributed by atoms with E-state index in [1.165, 1.54) is 20.3 Å². The second kappa shape index (κ2) is 8.02. The van der Waals surface area contributed by atoms with Gasteiger partial charge in [0.15, 0.2) is 0 Å². The van der Waals surface area contributed by atoms with Gasteiger partial charge in [-0.3, -0.25) is 4.79 Å². The third-order valence-corrected chi connectivity index (χ3v) is 3.62. The molecular formula is C18H17NO7. The molecular weight excluding hydrogens is 342 g/mol. The van der Waals surface area contributed by atoms with Crippen LogP contribution in [0.2, 0.25) is 0 Å². The van der Waals surface area contributed by atoms with Crippen LogP contribution in [0, 0.1) is 0 Å². The first-order chi connectivity index (χ1) is 12.4. The average molecular weight is 359 g/mol. The van der Waals surface area contributed by atoms with Gasteiger partial charge >= 0.3 is 17.9 Å². The van der Waals surface area contributed by atoms with E-state index in [0.717, 1.165) is 0 Å². The van der Waals surface area contributed by atoms with Crippen molar-refractivity contribution >= 4 is 23.6 Å². The number of rotatable bonds is 3. The Morgan fingerprint density at radius 1 is 1.08 bits per heavy atom. The molecule has 1 heterocycles. The molecule has 0 radical (unpaired) electrons. The van der Waals surface area contributed by atoms with Crippen molar-refractivity contribution in [3.63, 3.8) is 0 Å². The highest BCUT2D eigenvalue weighted by atomic mass is 16.6. The van der Waals surface area contributed by atoms with E-state index in [2.05, 4.69) is 4.74 Å². The SMILES string of the molecule is COc1cccc(C(=O)O)c1N.COc1cccc2c1CC(=O)OC2=O. The number of fused-ring (bicyclic) bond motifs is 1. The number of benzene rings is 2. The van der Waals surface area contributed by atoms with Crippen LogP contribution in [0.3, 0.4) is 0 Å². The number of carboxylic acid groups (broad SMARTS) is 1.